The van der Waals surface area contributed by atoms with Gasteiger partial charge in [0.2, 0.25) is 0 Å². The number of carbonyl (C=O) groups excluding carboxylic acids is 2. The van der Waals surface area contributed by atoms with Crippen molar-refractivity contribution in [2.45, 2.75) is 38.0 Å². The van der Waals surface area contributed by atoms with E-state index in [1.54, 1.807) is 48.8 Å². The maximum Gasteiger partial charge on any atom is 0.293 e. The van der Waals surface area contributed by atoms with E-state index in [9.17, 15) is 14.4 Å². The fraction of sp³-hybridized carbons (Fsp3) is 0.353. The van der Waals surface area contributed by atoms with Crippen molar-refractivity contribution in [1.82, 2.24) is 19.4 Å². The van der Waals surface area contributed by atoms with Gasteiger partial charge in [0, 0.05) is 66.8 Å². The topological polar surface area (TPSA) is 99.6 Å². The minimum atomic E-state index is -0.270. The van der Waals surface area contributed by atoms with E-state index < -0.39 is 0 Å². The van der Waals surface area contributed by atoms with Crippen molar-refractivity contribution in [3.05, 3.63) is 91.5 Å². The van der Waals surface area contributed by atoms with Crippen LogP contribution in [0.3, 0.4) is 0 Å². The number of aromatic nitrogens is 2. The van der Waals surface area contributed by atoms with Gasteiger partial charge in [-0.1, -0.05) is 12.1 Å². The standard InChI is InChI=1S/C34H36N6O3S/c1-20-25(5-4-6-27(20)37-32(41)29-18-26-22-7-8-23(17-22)30(26)44-29)28-19-39(3)34(43)31(36-28)35-24-11-9-21(10-12-24)33(42)40-15-13-38(2)14-16-40/h4-6,9-12,18-19,22-23H,7-8,13-17H2,1-3H3,(H,35,36)(H,37,41). The number of anilines is 3. The molecule has 44 heavy (non-hydrogen) atoms. The van der Waals surface area contributed by atoms with E-state index in [1.807, 2.05) is 30.0 Å². The molecule has 1 saturated carbocycles. The van der Waals surface area contributed by atoms with Crippen LogP contribution in [0.2, 0.25) is 0 Å². The summed E-state index contributed by atoms with van der Waals surface area (Å²) in [5.74, 6) is 1.36. The molecular weight excluding hydrogens is 572 g/mol. The molecule has 3 heterocycles. The monoisotopic (exact) mass is 608 g/mol. The number of aryl methyl sites for hydroxylation is 1. The van der Waals surface area contributed by atoms with E-state index in [-0.39, 0.29) is 23.2 Å². The molecule has 0 radical (unpaired) electrons. The van der Waals surface area contributed by atoms with E-state index in [4.69, 9.17) is 4.98 Å². The lowest BCUT2D eigenvalue weighted by molar-refractivity contribution is 0.0664. The Bertz CT molecular complexity index is 1790. The van der Waals surface area contributed by atoms with Crippen LogP contribution in [0.1, 0.15) is 67.1 Å². The minimum Gasteiger partial charge on any atom is -0.336 e. The first-order valence-electron chi connectivity index (χ1n) is 15.2. The highest BCUT2D eigenvalue weighted by atomic mass is 32.1. The normalized spacial score (nSPS) is 19.2. The zero-order valence-electron chi connectivity index (χ0n) is 25.2. The molecule has 10 heteroatoms. The molecule has 2 bridgehead atoms. The SMILES string of the molecule is Cc1c(NC(=O)c2cc3c(s2)C2CCC3C2)cccc1-c1cn(C)c(=O)c(Nc2ccc(C(=O)N3CCN(C)CC3)cc2)n1. The number of carbonyl (C=O) groups is 2. The Labute approximate surface area is 260 Å². The zero-order chi connectivity index (χ0) is 30.5. The van der Waals surface area contributed by atoms with Gasteiger partial charge in [-0.15, -0.1) is 11.3 Å². The van der Waals surface area contributed by atoms with Gasteiger partial charge in [0.15, 0.2) is 5.82 Å². The number of piperazine rings is 1. The van der Waals surface area contributed by atoms with Gasteiger partial charge in [-0.2, -0.15) is 0 Å². The Kier molecular flexibility index (Phi) is 7.34. The summed E-state index contributed by atoms with van der Waals surface area (Å²) in [5.41, 5.74) is 5.40. The van der Waals surface area contributed by atoms with Gasteiger partial charge in [0.25, 0.3) is 17.4 Å². The lowest BCUT2D eigenvalue weighted by Gasteiger charge is -2.32. The van der Waals surface area contributed by atoms with Crippen LogP contribution in [-0.4, -0.2) is 64.4 Å². The van der Waals surface area contributed by atoms with E-state index in [1.165, 1.54) is 34.3 Å². The Balaban J connectivity index is 1.09. The smallest absolute Gasteiger partial charge is 0.293 e. The maximum absolute atomic E-state index is 13.3. The highest BCUT2D eigenvalue weighted by Gasteiger charge is 2.39. The molecule has 2 aromatic carbocycles. The minimum absolute atomic E-state index is 0.0124. The molecule has 3 aliphatic rings. The van der Waals surface area contributed by atoms with Crippen LogP contribution in [0.15, 0.2) is 59.5 Å². The third-order valence-corrected chi connectivity index (χ3v) is 10.7. The molecular formula is C34H36N6O3S. The summed E-state index contributed by atoms with van der Waals surface area (Å²) in [7, 11) is 3.75. The lowest BCUT2D eigenvalue weighted by atomic mass is 9.99. The van der Waals surface area contributed by atoms with Gasteiger partial charge in [-0.05, 0) is 92.6 Å². The summed E-state index contributed by atoms with van der Waals surface area (Å²) in [4.78, 5) is 50.2. The van der Waals surface area contributed by atoms with Gasteiger partial charge in [-0.25, -0.2) is 4.98 Å². The zero-order valence-corrected chi connectivity index (χ0v) is 26.0. The molecule has 1 aliphatic heterocycles. The van der Waals surface area contributed by atoms with E-state index in [0.717, 1.165) is 34.8 Å². The number of benzene rings is 2. The lowest BCUT2D eigenvalue weighted by Crippen LogP contribution is -2.47. The molecule has 0 spiro atoms. The van der Waals surface area contributed by atoms with Crippen LogP contribution < -0.4 is 16.2 Å². The molecule has 7 rings (SSSR count). The third kappa shape index (κ3) is 5.22. The molecule has 2 N–H and O–H groups in total. The Morgan fingerprint density at radius 2 is 1.73 bits per heavy atom. The first-order valence-corrected chi connectivity index (χ1v) is 16.0. The van der Waals surface area contributed by atoms with E-state index >= 15 is 0 Å². The summed E-state index contributed by atoms with van der Waals surface area (Å²) >= 11 is 1.64. The molecule has 9 nitrogen and oxygen atoms in total. The fourth-order valence-corrected chi connectivity index (χ4v) is 8.04. The van der Waals surface area contributed by atoms with Crippen LogP contribution in [-0.2, 0) is 7.05 Å². The van der Waals surface area contributed by atoms with Crippen molar-refractivity contribution >= 4 is 40.3 Å². The second kappa shape index (κ2) is 11.3. The highest BCUT2D eigenvalue weighted by molar-refractivity contribution is 7.14. The van der Waals surface area contributed by atoms with Crippen LogP contribution >= 0.6 is 11.3 Å². The predicted octanol–water partition coefficient (Wildman–Crippen LogP) is 5.57. The fourth-order valence-electron chi connectivity index (χ4n) is 6.75. The third-order valence-electron chi connectivity index (χ3n) is 9.37. The summed E-state index contributed by atoms with van der Waals surface area (Å²) < 4.78 is 1.50. The quantitative estimate of drug-likeness (QED) is 0.297. The number of hydrogen-bond acceptors (Lipinski definition) is 7. The van der Waals surface area contributed by atoms with Crippen LogP contribution in [0.5, 0.6) is 0 Å². The number of amides is 2. The molecule has 2 aromatic heterocycles. The summed E-state index contributed by atoms with van der Waals surface area (Å²) in [6.45, 7) is 5.10. The number of fused-ring (bicyclic) bond motifs is 5. The van der Waals surface area contributed by atoms with Gasteiger partial charge < -0.3 is 25.0 Å². The van der Waals surface area contributed by atoms with Crippen molar-refractivity contribution in [3.8, 4) is 11.3 Å². The van der Waals surface area contributed by atoms with Crippen molar-refractivity contribution < 1.29 is 9.59 Å². The van der Waals surface area contributed by atoms with Gasteiger partial charge in [0.1, 0.15) is 0 Å². The number of likely N-dealkylation sites (N-methyl/N-ethyl adjacent to an activating group) is 1. The average Bonchev–Trinajstić information content (AvgIpc) is 3.76. The molecule has 1 saturated heterocycles. The van der Waals surface area contributed by atoms with Crippen LogP contribution in [0.25, 0.3) is 11.3 Å². The van der Waals surface area contributed by atoms with Crippen molar-refractivity contribution in [3.63, 3.8) is 0 Å². The molecule has 2 amide bonds. The summed E-state index contributed by atoms with van der Waals surface area (Å²) in [5, 5.41) is 6.27. The highest BCUT2D eigenvalue weighted by Crippen LogP contribution is 2.56. The molecule has 4 aromatic rings. The molecule has 2 aliphatic carbocycles. The number of nitrogens with zero attached hydrogens (tertiary/aromatic N) is 4. The second-order valence-corrected chi connectivity index (χ2v) is 13.3. The Morgan fingerprint density at radius 1 is 0.977 bits per heavy atom. The number of nitrogens with one attached hydrogen (secondary N) is 2. The summed E-state index contributed by atoms with van der Waals surface area (Å²) in [6, 6.07) is 15.0. The van der Waals surface area contributed by atoms with Gasteiger partial charge in [0.05, 0.1) is 10.6 Å². The number of hydrogen-bond donors (Lipinski definition) is 2. The molecule has 2 fully saturated rings. The second-order valence-electron chi connectivity index (χ2n) is 12.3. The van der Waals surface area contributed by atoms with Crippen molar-refractivity contribution in [2.24, 2.45) is 7.05 Å². The number of rotatable bonds is 6. The van der Waals surface area contributed by atoms with Crippen LogP contribution in [0.4, 0.5) is 17.2 Å². The van der Waals surface area contributed by atoms with Crippen LogP contribution in [0, 0.1) is 6.92 Å². The predicted molar refractivity (Wildman–Crippen MR) is 174 cm³/mol. The van der Waals surface area contributed by atoms with E-state index in [0.29, 0.717) is 41.9 Å². The first kappa shape index (κ1) is 28.5. The molecule has 2 unspecified atom stereocenters. The largest absolute Gasteiger partial charge is 0.336 e. The first-order chi connectivity index (χ1) is 21.2. The Hall–Kier alpha value is -4.28. The molecule has 226 valence electrons. The van der Waals surface area contributed by atoms with E-state index in [2.05, 4.69) is 28.6 Å². The van der Waals surface area contributed by atoms with Crippen molar-refractivity contribution in [2.75, 3.05) is 43.9 Å². The Morgan fingerprint density at radius 3 is 2.48 bits per heavy atom. The maximum atomic E-state index is 13.3. The van der Waals surface area contributed by atoms with Gasteiger partial charge in [-0.3, -0.25) is 14.4 Å². The average molecular weight is 609 g/mol. The van der Waals surface area contributed by atoms with Gasteiger partial charge >= 0.3 is 0 Å². The van der Waals surface area contributed by atoms with Crippen molar-refractivity contribution in [1.29, 1.82) is 0 Å². The molecule has 2 atom stereocenters. The summed E-state index contributed by atoms with van der Waals surface area (Å²) in [6.07, 6.45) is 5.43. The number of thiophene rings is 1.